The number of ketones is 1. The molecule has 0 saturated carbocycles. The van der Waals surface area contributed by atoms with Crippen LogP contribution < -0.4 is 5.32 Å². The van der Waals surface area contributed by atoms with Crippen LogP contribution in [0.25, 0.3) is 0 Å². The number of aromatic amines is 1. The van der Waals surface area contributed by atoms with Crippen LogP contribution in [-0.2, 0) is 14.4 Å². The number of alkyl halides is 1. The van der Waals surface area contributed by atoms with Gasteiger partial charge in [0.1, 0.15) is 23.4 Å². The first-order chi connectivity index (χ1) is 13.8. The molecule has 152 valence electrons. The maximum atomic E-state index is 12.9. The summed E-state index contributed by atoms with van der Waals surface area (Å²) >= 11 is 7.28. The molecule has 2 aliphatic rings. The number of fused-ring (bicyclic) bond motifs is 1. The molecule has 29 heavy (non-hydrogen) atoms. The first-order valence-corrected chi connectivity index (χ1v) is 10.4. The van der Waals surface area contributed by atoms with Crippen molar-refractivity contribution in [3.8, 4) is 0 Å². The van der Waals surface area contributed by atoms with E-state index in [1.54, 1.807) is 47.0 Å². The number of nitrogens with zero attached hydrogens (tertiary/aromatic N) is 4. The highest BCUT2D eigenvalue weighted by molar-refractivity contribution is 8.01. The van der Waals surface area contributed by atoms with Gasteiger partial charge in [-0.15, -0.1) is 33.6 Å². The van der Waals surface area contributed by atoms with E-state index in [9.17, 15) is 14.4 Å². The van der Waals surface area contributed by atoms with Crippen LogP contribution in [0.2, 0.25) is 0 Å². The number of carbonyl (C=O) groups is 3. The van der Waals surface area contributed by atoms with Crippen molar-refractivity contribution in [3.05, 3.63) is 41.7 Å². The number of rotatable bonds is 6. The minimum Gasteiger partial charge on any atom is -0.341 e. The molecule has 0 aliphatic carbocycles. The van der Waals surface area contributed by atoms with E-state index >= 15 is 0 Å². The fraction of sp³-hybridized carbons (Fsp3) is 0.444. The van der Waals surface area contributed by atoms with Gasteiger partial charge in [0.05, 0.1) is 5.88 Å². The molecule has 9 nitrogen and oxygen atoms in total. The molecule has 0 spiro atoms. The number of amides is 2. The molecule has 0 radical (unpaired) electrons. The molecule has 11 heteroatoms. The molecular formula is C18H19ClN6O3S. The molecule has 2 N–H and O–H groups in total. The Morgan fingerprint density at radius 3 is 2.69 bits per heavy atom. The van der Waals surface area contributed by atoms with Crippen LogP contribution in [0.3, 0.4) is 0 Å². The lowest BCUT2D eigenvalue weighted by atomic mass is 9.92. The molecule has 3 heterocycles. The molecule has 1 aromatic heterocycles. The average molecular weight is 435 g/mol. The van der Waals surface area contributed by atoms with Gasteiger partial charge in [-0.2, -0.15) is 5.21 Å². The Morgan fingerprint density at radius 1 is 1.34 bits per heavy atom. The molecule has 2 aliphatic heterocycles. The zero-order chi connectivity index (χ0) is 20.8. The summed E-state index contributed by atoms with van der Waals surface area (Å²) in [7, 11) is 0. The molecular weight excluding hydrogens is 416 g/mol. The summed E-state index contributed by atoms with van der Waals surface area (Å²) in [5.74, 6) is -2.08. The number of aromatic nitrogens is 4. The number of benzene rings is 1. The lowest BCUT2D eigenvalue weighted by Crippen LogP contribution is -2.68. The fourth-order valence-electron chi connectivity index (χ4n) is 3.89. The number of hydrogen-bond acceptors (Lipinski definition) is 7. The molecule has 2 aromatic rings. The highest BCUT2D eigenvalue weighted by Gasteiger charge is 2.63. The van der Waals surface area contributed by atoms with Crippen LogP contribution >= 0.6 is 23.4 Å². The van der Waals surface area contributed by atoms with Gasteiger partial charge in [-0.05, 0) is 19.4 Å². The van der Waals surface area contributed by atoms with Crippen molar-refractivity contribution in [2.24, 2.45) is 0 Å². The second-order valence-corrected chi connectivity index (χ2v) is 9.50. The minimum absolute atomic E-state index is 0.235. The van der Waals surface area contributed by atoms with Gasteiger partial charge in [0.25, 0.3) is 0 Å². The summed E-state index contributed by atoms with van der Waals surface area (Å²) in [4.78, 5) is 39.8. The van der Waals surface area contributed by atoms with Crippen molar-refractivity contribution in [2.45, 2.75) is 42.0 Å². The van der Waals surface area contributed by atoms with Gasteiger partial charge in [0.15, 0.2) is 11.6 Å². The van der Waals surface area contributed by atoms with E-state index in [0.717, 1.165) is 0 Å². The minimum atomic E-state index is -1.05. The van der Waals surface area contributed by atoms with Crippen LogP contribution in [0.1, 0.15) is 37.2 Å². The van der Waals surface area contributed by atoms with Gasteiger partial charge in [-0.1, -0.05) is 35.5 Å². The highest BCUT2D eigenvalue weighted by Crippen LogP contribution is 2.56. The molecule has 0 bridgehead atoms. The number of tetrazole rings is 1. The Morgan fingerprint density at radius 2 is 2.07 bits per heavy atom. The number of H-pyrrole nitrogens is 1. The Labute approximate surface area is 175 Å². The number of Topliss-reactive ketones (excluding diaryl/α,β-unsaturated/α-hetero) is 1. The van der Waals surface area contributed by atoms with Crippen LogP contribution in [0.15, 0.2) is 30.3 Å². The summed E-state index contributed by atoms with van der Waals surface area (Å²) in [5, 5.41) is 16.6. The standard InChI is InChI=1S/C18H19ClN6O3S/c1-18(2)13(14-21-23-24-22-14)25-16(28)12(17(25)29-18)20-15(27)11(10(26)8-19)9-6-4-3-5-7-9/h3-7,11-13,17H,8H2,1-2H3,(H,20,27)(H,21,22,23,24)/t11?,12?,13?,17-/m1/s1. The predicted octanol–water partition coefficient (Wildman–Crippen LogP) is 1.01. The molecule has 2 fully saturated rings. The number of β-lactam (4-membered cyclic amide) rings is 1. The van der Waals surface area contributed by atoms with E-state index in [-0.39, 0.29) is 27.9 Å². The Balaban J connectivity index is 1.54. The normalized spacial score (nSPS) is 25.8. The summed E-state index contributed by atoms with van der Waals surface area (Å²) in [6, 6.07) is 7.61. The molecule has 4 rings (SSSR count). The third-order valence-corrected chi connectivity index (χ3v) is 7.03. The van der Waals surface area contributed by atoms with Crippen LogP contribution in [0.5, 0.6) is 0 Å². The van der Waals surface area contributed by atoms with Gasteiger partial charge in [0, 0.05) is 4.75 Å². The van der Waals surface area contributed by atoms with Gasteiger partial charge >= 0.3 is 0 Å². The van der Waals surface area contributed by atoms with Gasteiger partial charge in [-0.25, -0.2) is 0 Å². The SMILES string of the molecule is CC1(C)S[C@@H]2C(NC(=O)C(C(=O)CCl)c3ccccc3)C(=O)N2C1c1nn[nH]n1. The van der Waals surface area contributed by atoms with Crippen molar-refractivity contribution >= 4 is 41.0 Å². The van der Waals surface area contributed by atoms with Crippen molar-refractivity contribution in [1.29, 1.82) is 0 Å². The summed E-state index contributed by atoms with van der Waals surface area (Å²) in [6.45, 7) is 3.99. The Bertz CT molecular complexity index is 938. The average Bonchev–Trinajstić information content (AvgIpc) is 3.31. The topological polar surface area (TPSA) is 121 Å². The maximum Gasteiger partial charge on any atom is 0.249 e. The molecule has 1 aromatic carbocycles. The molecule has 4 atom stereocenters. The zero-order valence-corrected chi connectivity index (χ0v) is 17.3. The van der Waals surface area contributed by atoms with E-state index in [4.69, 9.17) is 11.6 Å². The second kappa shape index (κ2) is 7.42. The quantitative estimate of drug-likeness (QED) is 0.395. The third-order valence-electron chi connectivity index (χ3n) is 5.19. The Kier molecular flexibility index (Phi) is 5.07. The van der Waals surface area contributed by atoms with E-state index in [2.05, 4.69) is 25.9 Å². The summed E-state index contributed by atoms with van der Waals surface area (Å²) in [5.41, 5.74) is 0.545. The highest BCUT2D eigenvalue weighted by atomic mass is 35.5. The van der Waals surface area contributed by atoms with E-state index in [1.807, 2.05) is 13.8 Å². The maximum absolute atomic E-state index is 12.9. The zero-order valence-electron chi connectivity index (χ0n) is 15.7. The van der Waals surface area contributed by atoms with Crippen molar-refractivity contribution in [2.75, 3.05) is 5.88 Å². The first kappa shape index (κ1) is 19.8. The number of hydrogen-bond donors (Lipinski definition) is 2. The molecule has 3 unspecified atom stereocenters. The monoisotopic (exact) mass is 434 g/mol. The molecule has 2 saturated heterocycles. The van der Waals surface area contributed by atoms with Crippen molar-refractivity contribution < 1.29 is 14.4 Å². The van der Waals surface area contributed by atoms with E-state index in [1.165, 1.54) is 0 Å². The fourth-order valence-corrected chi connectivity index (χ4v) is 5.68. The number of halogens is 1. The van der Waals surface area contributed by atoms with Crippen LogP contribution in [-0.4, -0.2) is 65.2 Å². The van der Waals surface area contributed by atoms with Gasteiger partial charge in [0.2, 0.25) is 11.8 Å². The van der Waals surface area contributed by atoms with Gasteiger partial charge in [-0.3, -0.25) is 14.4 Å². The summed E-state index contributed by atoms with van der Waals surface area (Å²) < 4.78 is -0.367. The third kappa shape index (κ3) is 3.29. The Hall–Kier alpha value is -2.46. The van der Waals surface area contributed by atoms with Crippen LogP contribution in [0, 0.1) is 0 Å². The van der Waals surface area contributed by atoms with Gasteiger partial charge < -0.3 is 10.2 Å². The number of carbonyl (C=O) groups excluding carboxylic acids is 3. The smallest absolute Gasteiger partial charge is 0.249 e. The van der Waals surface area contributed by atoms with E-state index < -0.39 is 23.7 Å². The lowest BCUT2D eigenvalue weighted by Gasteiger charge is -2.44. The van der Waals surface area contributed by atoms with Crippen LogP contribution in [0.4, 0.5) is 0 Å². The lowest BCUT2D eigenvalue weighted by molar-refractivity contribution is -0.152. The number of nitrogens with one attached hydrogen (secondary N) is 2. The van der Waals surface area contributed by atoms with E-state index in [0.29, 0.717) is 11.4 Å². The number of thioether (sulfide) groups is 1. The molecule has 2 amide bonds. The second-order valence-electron chi connectivity index (χ2n) is 7.46. The first-order valence-electron chi connectivity index (χ1n) is 9.02. The predicted molar refractivity (Wildman–Crippen MR) is 106 cm³/mol. The summed E-state index contributed by atoms with van der Waals surface area (Å²) in [6.07, 6.45) is 0. The van der Waals surface area contributed by atoms with Crippen molar-refractivity contribution in [1.82, 2.24) is 30.8 Å². The van der Waals surface area contributed by atoms with Crippen molar-refractivity contribution in [3.63, 3.8) is 0 Å². The largest absolute Gasteiger partial charge is 0.341 e.